The van der Waals surface area contributed by atoms with E-state index in [0.717, 1.165) is 63.4 Å². The van der Waals surface area contributed by atoms with Crippen molar-refractivity contribution < 1.29 is 4.74 Å². The maximum atomic E-state index is 11.8. The largest absolute Gasteiger partial charge is 0.487 e. The zero-order valence-electron chi connectivity index (χ0n) is 18.9. The highest BCUT2D eigenvalue weighted by atomic mass is 127. The van der Waals surface area contributed by atoms with Crippen LogP contribution in [-0.4, -0.2) is 29.2 Å². The number of benzene rings is 1. The molecule has 1 aromatic heterocycles. The molecule has 1 unspecified atom stereocenters. The Morgan fingerprint density at radius 3 is 2.72 bits per heavy atom. The molecule has 2 aromatic rings. The second-order valence-corrected chi connectivity index (χ2v) is 8.63. The van der Waals surface area contributed by atoms with E-state index in [1.165, 1.54) is 18.4 Å². The highest BCUT2D eigenvalue weighted by Gasteiger charge is 2.43. The minimum absolute atomic E-state index is 0. The van der Waals surface area contributed by atoms with Gasteiger partial charge >= 0.3 is 0 Å². The van der Waals surface area contributed by atoms with Gasteiger partial charge in [0.25, 0.3) is 0 Å². The zero-order valence-corrected chi connectivity index (χ0v) is 21.2. The minimum atomic E-state index is -0.0354. The lowest BCUT2D eigenvalue weighted by atomic mass is 9.86. The third-order valence-corrected chi connectivity index (χ3v) is 6.34. The molecule has 1 atom stereocenters. The van der Waals surface area contributed by atoms with E-state index in [4.69, 9.17) is 9.73 Å². The molecule has 2 aliphatic rings. The van der Waals surface area contributed by atoms with Crippen molar-refractivity contribution in [3.8, 4) is 5.75 Å². The molecule has 1 fully saturated rings. The second kappa shape index (κ2) is 11.7. The van der Waals surface area contributed by atoms with Crippen LogP contribution in [0.1, 0.15) is 63.5 Å². The summed E-state index contributed by atoms with van der Waals surface area (Å²) in [6.45, 7) is 4.37. The SMILES string of the molecule is CCNC(=NCCCCn1ccccc1=O)NC1CC2(CCCC2)Oc2ccccc21.I. The predicted octanol–water partition coefficient (Wildman–Crippen LogP) is 4.64. The molecular weight excluding hydrogens is 515 g/mol. The molecule has 7 heteroatoms. The number of fused-ring (bicyclic) bond motifs is 1. The summed E-state index contributed by atoms with van der Waals surface area (Å²) < 4.78 is 8.25. The summed E-state index contributed by atoms with van der Waals surface area (Å²) in [5.74, 6) is 1.87. The fourth-order valence-electron chi connectivity index (χ4n) is 4.79. The molecule has 0 amide bonds. The topological polar surface area (TPSA) is 67.7 Å². The first-order valence-electron chi connectivity index (χ1n) is 11.7. The maximum absolute atomic E-state index is 11.8. The van der Waals surface area contributed by atoms with Gasteiger partial charge in [0.15, 0.2) is 5.96 Å². The number of pyridine rings is 1. The highest BCUT2D eigenvalue weighted by molar-refractivity contribution is 14.0. The number of nitrogens with zero attached hydrogens (tertiary/aromatic N) is 2. The van der Waals surface area contributed by atoms with Crippen molar-refractivity contribution in [2.45, 2.75) is 70.1 Å². The van der Waals surface area contributed by atoms with Crippen LogP contribution >= 0.6 is 24.0 Å². The lowest BCUT2D eigenvalue weighted by molar-refractivity contribution is 0.0396. The molecule has 32 heavy (non-hydrogen) atoms. The first-order chi connectivity index (χ1) is 15.2. The van der Waals surface area contributed by atoms with Crippen LogP contribution in [0.25, 0.3) is 0 Å². The number of unbranched alkanes of at least 4 members (excludes halogenated alkanes) is 1. The molecule has 1 spiro atoms. The standard InChI is InChI=1S/C25H34N4O2.HI/c1-2-26-24(27-16-8-10-18-29-17-9-5-13-23(29)30)28-21-19-25(14-6-7-15-25)31-22-12-4-3-11-20(21)22;/h3-5,9,11-13,17,21H,2,6-8,10,14-16,18-19H2,1H3,(H2,26,27,28);1H. The van der Waals surface area contributed by atoms with Crippen molar-refractivity contribution in [1.29, 1.82) is 0 Å². The van der Waals surface area contributed by atoms with Crippen molar-refractivity contribution in [2.75, 3.05) is 13.1 Å². The number of ether oxygens (including phenoxy) is 1. The Kier molecular flexibility index (Phi) is 9.02. The quantitative estimate of drug-likeness (QED) is 0.228. The van der Waals surface area contributed by atoms with Crippen molar-refractivity contribution in [1.82, 2.24) is 15.2 Å². The molecule has 1 saturated carbocycles. The van der Waals surface area contributed by atoms with Crippen molar-refractivity contribution in [3.05, 3.63) is 64.6 Å². The van der Waals surface area contributed by atoms with Gasteiger partial charge in [-0.1, -0.05) is 24.3 Å². The fourth-order valence-corrected chi connectivity index (χ4v) is 4.79. The Morgan fingerprint density at radius 1 is 1.16 bits per heavy atom. The summed E-state index contributed by atoms with van der Waals surface area (Å²) in [6.07, 6.45) is 9.44. The summed E-state index contributed by atoms with van der Waals surface area (Å²) in [7, 11) is 0. The van der Waals surface area contributed by atoms with Gasteiger partial charge in [0.1, 0.15) is 11.4 Å². The lowest BCUT2D eigenvalue weighted by Gasteiger charge is -2.40. The molecule has 2 N–H and O–H groups in total. The second-order valence-electron chi connectivity index (χ2n) is 8.63. The Morgan fingerprint density at radius 2 is 1.94 bits per heavy atom. The summed E-state index contributed by atoms with van der Waals surface area (Å²) in [6, 6.07) is 13.9. The van der Waals surface area contributed by atoms with Crippen molar-refractivity contribution in [2.24, 2.45) is 4.99 Å². The van der Waals surface area contributed by atoms with E-state index in [1.807, 2.05) is 12.3 Å². The summed E-state index contributed by atoms with van der Waals surface area (Å²) in [5, 5.41) is 7.09. The summed E-state index contributed by atoms with van der Waals surface area (Å²) in [5.41, 5.74) is 1.24. The molecule has 0 saturated heterocycles. The van der Waals surface area contributed by atoms with E-state index in [9.17, 15) is 4.79 Å². The van der Waals surface area contributed by atoms with E-state index in [2.05, 4.69) is 41.8 Å². The van der Waals surface area contributed by atoms with Gasteiger partial charge in [-0.2, -0.15) is 0 Å². The normalized spacial score (nSPS) is 19.0. The fraction of sp³-hybridized carbons (Fsp3) is 0.520. The van der Waals surface area contributed by atoms with Gasteiger partial charge in [-0.05, 0) is 57.6 Å². The first-order valence-corrected chi connectivity index (χ1v) is 11.7. The van der Waals surface area contributed by atoms with E-state index >= 15 is 0 Å². The molecule has 1 aromatic carbocycles. The van der Waals surface area contributed by atoms with Crippen LogP contribution in [0.2, 0.25) is 0 Å². The van der Waals surface area contributed by atoms with Gasteiger partial charge in [-0.25, -0.2) is 0 Å². The van der Waals surface area contributed by atoms with Crippen LogP contribution in [-0.2, 0) is 6.54 Å². The van der Waals surface area contributed by atoms with E-state index < -0.39 is 0 Å². The molecule has 174 valence electrons. The van der Waals surface area contributed by atoms with Crippen LogP contribution < -0.4 is 20.9 Å². The number of halogens is 1. The van der Waals surface area contributed by atoms with Crippen LogP contribution in [0.4, 0.5) is 0 Å². The number of aryl methyl sites for hydroxylation is 1. The van der Waals surface area contributed by atoms with Gasteiger partial charge in [-0.15, -0.1) is 24.0 Å². The number of hydrogen-bond acceptors (Lipinski definition) is 3. The Hall–Kier alpha value is -2.03. The number of aromatic nitrogens is 1. The molecule has 1 aliphatic carbocycles. The first kappa shape index (κ1) is 24.6. The van der Waals surface area contributed by atoms with Crippen molar-refractivity contribution in [3.63, 3.8) is 0 Å². The predicted molar refractivity (Wildman–Crippen MR) is 140 cm³/mol. The smallest absolute Gasteiger partial charge is 0.250 e. The molecule has 6 nitrogen and oxygen atoms in total. The average molecular weight is 550 g/mol. The number of nitrogens with one attached hydrogen (secondary N) is 2. The number of hydrogen-bond donors (Lipinski definition) is 2. The summed E-state index contributed by atoms with van der Waals surface area (Å²) >= 11 is 0. The number of rotatable bonds is 7. The monoisotopic (exact) mass is 550 g/mol. The van der Waals surface area contributed by atoms with Gasteiger partial charge in [0, 0.05) is 43.9 Å². The van der Waals surface area contributed by atoms with Gasteiger partial charge < -0.3 is 19.9 Å². The molecular formula is C25H35IN4O2. The molecule has 0 bridgehead atoms. The molecule has 0 radical (unpaired) electrons. The minimum Gasteiger partial charge on any atom is -0.487 e. The number of aliphatic imine (C=N–C) groups is 1. The van der Waals surface area contributed by atoms with Crippen LogP contribution in [0, 0.1) is 0 Å². The van der Waals surface area contributed by atoms with E-state index in [-0.39, 0.29) is 41.2 Å². The zero-order chi connectivity index (χ0) is 21.5. The van der Waals surface area contributed by atoms with E-state index in [0.29, 0.717) is 0 Å². The van der Waals surface area contributed by atoms with Gasteiger partial charge in [-0.3, -0.25) is 9.79 Å². The molecule has 1 aliphatic heterocycles. The molecule has 4 rings (SSSR count). The Labute approximate surface area is 207 Å². The Bertz CT molecular complexity index is 953. The maximum Gasteiger partial charge on any atom is 0.250 e. The van der Waals surface area contributed by atoms with E-state index in [1.54, 1.807) is 16.7 Å². The van der Waals surface area contributed by atoms with Crippen LogP contribution in [0.15, 0.2) is 58.4 Å². The third kappa shape index (κ3) is 6.05. The lowest BCUT2D eigenvalue weighted by Crippen LogP contribution is -2.46. The third-order valence-electron chi connectivity index (χ3n) is 6.34. The number of guanidine groups is 1. The van der Waals surface area contributed by atoms with Crippen LogP contribution in [0.5, 0.6) is 5.75 Å². The summed E-state index contributed by atoms with van der Waals surface area (Å²) in [4.78, 5) is 16.6. The van der Waals surface area contributed by atoms with Crippen LogP contribution in [0.3, 0.4) is 0 Å². The van der Waals surface area contributed by atoms with Crippen molar-refractivity contribution >= 4 is 29.9 Å². The number of para-hydroxylation sites is 1. The van der Waals surface area contributed by atoms with Gasteiger partial charge in [0.2, 0.25) is 5.56 Å². The Balaban J connectivity index is 0.00000289. The average Bonchev–Trinajstić information content (AvgIpc) is 3.22. The van der Waals surface area contributed by atoms with Gasteiger partial charge in [0.05, 0.1) is 6.04 Å². The highest BCUT2D eigenvalue weighted by Crippen LogP contribution is 2.46. The molecule has 2 heterocycles.